The molecule has 0 N–H and O–H groups in total. The number of benzene rings is 3. The zero-order valence-electron chi connectivity index (χ0n) is 21.2. The van der Waals surface area contributed by atoms with Crippen LogP contribution >= 0.6 is 0 Å². The molecule has 1 aliphatic rings. The second-order valence-corrected chi connectivity index (χ2v) is 8.43. The molecule has 0 unspecified atom stereocenters. The summed E-state index contributed by atoms with van der Waals surface area (Å²) in [4.78, 5) is 4.90. The molecule has 0 aromatic heterocycles. The Bertz CT molecular complexity index is 1190. The van der Waals surface area contributed by atoms with Crippen LogP contribution in [0.1, 0.15) is 42.4 Å². The number of nitrogens with zero attached hydrogens (tertiary/aromatic N) is 2. The predicted molar refractivity (Wildman–Crippen MR) is 143 cm³/mol. The van der Waals surface area contributed by atoms with Crippen molar-refractivity contribution in [2.75, 3.05) is 27.9 Å². The highest BCUT2D eigenvalue weighted by Crippen LogP contribution is 2.40. The summed E-state index contributed by atoms with van der Waals surface area (Å²) in [6.07, 6.45) is 3.86. The molecule has 1 radical (unpaired) electrons. The summed E-state index contributed by atoms with van der Waals surface area (Å²) in [5, 5.41) is 4.90. The van der Waals surface area contributed by atoms with Crippen molar-refractivity contribution < 1.29 is 18.9 Å². The van der Waals surface area contributed by atoms with Crippen molar-refractivity contribution in [1.29, 1.82) is 0 Å². The van der Waals surface area contributed by atoms with Crippen LogP contribution < -0.4 is 19.5 Å². The van der Waals surface area contributed by atoms with E-state index in [0.717, 1.165) is 59.6 Å². The fraction of sp³-hybridized carbons (Fsp3) is 0.300. The molecule has 4 rings (SSSR count). The molecule has 6 nitrogen and oxygen atoms in total. The summed E-state index contributed by atoms with van der Waals surface area (Å²) in [7, 11) is 4.84. The van der Waals surface area contributed by atoms with Crippen molar-refractivity contribution in [2.24, 2.45) is 4.99 Å². The second kappa shape index (κ2) is 12.8. The smallest absolute Gasteiger partial charge is 0.203 e. The summed E-state index contributed by atoms with van der Waals surface area (Å²) >= 11 is 0. The van der Waals surface area contributed by atoms with Gasteiger partial charge in [0.1, 0.15) is 5.84 Å². The average Bonchev–Trinajstić information content (AvgIpc) is 3.37. The Balaban J connectivity index is 1.26. The van der Waals surface area contributed by atoms with E-state index in [1.165, 1.54) is 0 Å². The minimum atomic E-state index is 0.455. The third-order valence-electron chi connectivity index (χ3n) is 6.03. The van der Waals surface area contributed by atoms with Gasteiger partial charge in [0, 0.05) is 29.7 Å². The van der Waals surface area contributed by atoms with Crippen LogP contribution in [0.15, 0.2) is 77.8 Å². The van der Waals surface area contributed by atoms with Gasteiger partial charge in [-0.05, 0) is 25.0 Å². The van der Waals surface area contributed by atoms with Gasteiger partial charge in [-0.1, -0.05) is 67.1 Å². The van der Waals surface area contributed by atoms with Gasteiger partial charge in [-0.3, -0.25) is 0 Å². The van der Waals surface area contributed by atoms with Gasteiger partial charge in [-0.15, -0.1) is 0 Å². The monoisotopic (exact) mass is 485 g/mol. The maximum Gasteiger partial charge on any atom is 0.203 e. The molecular formula is C30H33N2O4. The third kappa shape index (κ3) is 6.07. The van der Waals surface area contributed by atoms with Crippen LogP contribution in [0.5, 0.6) is 17.2 Å². The minimum Gasteiger partial charge on any atom is -0.493 e. The van der Waals surface area contributed by atoms with Crippen LogP contribution in [0.2, 0.25) is 0 Å². The molecule has 1 aliphatic heterocycles. The fourth-order valence-electron chi connectivity index (χ4n) is 4.22. The highest BCUT2D eigenvalue weighted by atomic mass is 16.5. The lowest BCUT2D eigenvalue weighted by Crippen LogP contribution is -2.10. The summed E-state index contributed by atoms with van der Waals surface area (Å²) in [5.41, 5.74) is 5.01. The molecule has 0 saturated carbocycles. The quantitative estimate of drug-likeness (QED) is 0.265. The number of unbranched alkanes of at least 4 members (excludes halogenated alkanes) is 2. The number of hydrogen-bond acceptors (Lipinski definition) is 5. The first kappa shape index (κ1) is 25.3. The van der Waals surface area contributed by atoms with Crippen molar-refractivity contribution in [3.05, 3.63) is 89.5 Å². The van der Waals surface area contributed by atoms with Crippen molar-refractivity contribution >= 4 is 17.2 Å². The maximum absolute atomic E-state index is 5.92. The molecule has 36 heavy (non-hydrogen) atoms. The molecule has 0 atom stereocenters. The van der Waals surface area contributed by atoms with Crippen LogP contribution in [0.4, 0.5) is 0 Å². The molecule has 0 spiro atoms. The van der Waals surface area contributed by atoms with E-state index in [0.29, 0.717) is 30.5 Å². The van der Waals surface area contributed by atoms with Crippen molar-refractivity contribution in [1.82, 2.24) is 5.32 Å². The van der Waals surface area contributed by atoms with E-state index in [-0.39, 0.29) is 0 Å². The molecule has 0 fully saturated rings. The lowest BCUT2D eigenvalue weighted by atomic mass is 10.1. The minimum absolute atomic E-state index is 0.455. The topological polar surface area (TPSA) is 63.4 Å². The Morgan fingerprint density at radius 1 is 0.639 bits per heavy atom. The van der Waals surface area contributed by atoms with Gasteiger partial charge in [0.25, 0.3) is 0 Å². The van der Waals surface area contributed by atoms with E-state index >= 15 is 0 Å². The van der Waals surface area contributed by atoms with Crippen LogP contribution in [0.3, 0.4) is 0 Å². The Morgan fingerprint density at radius 2 is 1.31 bits per heavy atom. The summed E-state index contributed by atoms with van der Waals surface area (Å²) < 4.78 is 22.2. The van der Waals surface area contributed by atoms with Crippen molar-refractivity contribution in [3.8, 4) is 17.2 Å². The van der Waals surface area contributed by atoms with Gasteiger partial charge in [-0.2, -0.15) is 0 Å². The Hall–Kier alpha value is -3.77. The van der Waals surface area contributed by atoms with Crippen molar-refractivity contribution in [2.45, 2.75) is 32.3 Å². The van der Waals surface area contributed by atoms with Gasteiger partial charge in [0.05, 0.1) is 39.3 Å². The molecule has 0 amide bonds. The average molecular weight is 486 g/mol. The summed E-state index contributed by atoms with van der Waals surface area (Å²) in [5.74, 6) is 2.76. The molecule has 1 heterocycles. The fourth-order valence-corrected chi connectivity index (χ4v) is 4.22. The lowest BCUT2D eigenvalue weighted by Gasteiger charge is -2.15. The Morgan fingerprint density at radius 3 is 1.94 bits per heavy atom. The first-order valence-electron chi connectivity index (χ1n) is 12.2. The molecule has 0 saturated heterocycles. The number of ether oxygens (including phenoxy) is 4. The molecule has 6 heteroatoms. The number of hydrogen-bond donors (Lipinski definition) is 0. The molecule has 3 aromatic carbocycles. The van der Waals surface area contributed by atoms with E-state index in [4.69, 9.17) is 29.3 Å². The largest absolute Gasteiger partial charge is 0.493 e. The molecule has 3 aromatic rings. The van der Waals surface area contributed by atoms with Crippen LogP contribution in [0.25, 0.3) is 11.4 Å². The molecule has 0 bridgehead atoms. The zero-order chi connectivity index (χ0) is 25.2. The van der Waals surface area contributed by atoms with Crippen LogP contribution in [0, 0.1) is 0 Å². The summed E-state index contributed by atoms with van der Waals surface area (Å²) in [6.45, 7) is 1.13. The number of amidine groups is 1. The maximum atomic E-state index is 5.92. The van der Waals surface area contributed by atoms with Gasteiger partial charge < -0.3 is 18.9 Å². The van der Waals surface area contributed by atoms with Gasteiger partial charge in [0.2, 0.25) is 5.75 Å². The molecule has 0 aliphatic carbocycles. The highest BCUT2D eigenvalue weighted by molar-refractivity contribution is 6.07. The molecule has 187 valence electrons. The van der Waals surface area contributed by atoms with E-state index < -0.39 is 0 Å². The first-order chi connectivity index (χ1) is 17.7. The van der Waals surface area contributed by atoms with E-state index in [1.54, 1.807) is 21.3 Å². The number of methoxy groups -OCH3 is 3. The normalized spacial score (nSPS) is 12.8. The van der Waals surface area contributed by atoms with Gasteiger partial charge in [0.15, 0.2) is 11.5 Å². The van der Waals surface area contributed by atoms with Crippen LogP contribution in [-0.2, 0) is 11.3 Å². The standard InChI is InChI=1S/C30H33N2O4/c1-33-25-19-18-24(29(34-2)30(25)35-3)21-36-20-12-6-11-17-26-31-27(22-13-7-4-8-14-22)28(32-26)23-15-9-5-10-16-23/h4-5,7-10,13-16,18-19H,6,11-12,17,20-21H2,1-3H3. The van der Waals surface area contributed by atoms with Crippen molar-refractivity contribution in [3.63, 3.8) is 0 Å². The highest BCUT2D eigenvalue weighted by Gasteiger charge is 2.21. The third-order valence-corrected chi connectivity index (χ3v) is 6.03. The number of aliphatic imine (C=N–C) groups is 1. The predicted octanol–water partition coefficient (Wildman–Crippen LogP) is 6.33. The van der Waals surface area contributed by atoms with E-state index in [1.807, 2.05) is 48.5 Å². The van der Waals surface area contributed by atoms with Gasteiger partial charge in [-0.25, -0.2) is 10.3 Å². The Labute approximate surface area is 213 Å². The number of rotatable bonds is 13. The first-order valence-corrected chi connectivity index (χ1v) is 12.2. The van der Waals surface area contributed by atoms with E-state index in [9.17, 15) is 0 Å². The van der Waals surface area contributed by atoms with Crippen LogP contribution in [-0.4, -0.2) is 33.8 Å². The second-order valence-electron chi connectivity index (χ2n) is 8.43. The van der Waals surface area contributed by atoms with Gasteiger partial charge >= 0.3 is 0 Å². The Kier molecular flexibility index (Phi) is 9.00. The lowest BCUT2D eigenvalue weighted by molar-refractivity contribution is 0.114. The van der Waals surface area contributed by atoms with E-state index in [2.05, 4.69) is 24.3 Å². The summed E-state index contributed by atoms with van der Waals surface area (Å²) in [6, 6.07) is 24.4. The SMILES string of the molecule is COc1ccc(COCCCCCC2=NC(c3ccccc3)=C(c3ccccc3)[N]2)c(OC)c1OC. The molecular weight excluding hydrogens is 452 g/mol. The zero-order valence-corrected chi connectivity index (χ0v) is 21.2.